The molecule has 0 aliphatic heterocycles. The summed E-state index contributed by atoms with van der Waals surface area (Å²) in [5, 5.41) is 0. The molecular weight excluding hydrogens is 733 g/mol. The van der Waals surface area contributed by atoms with Gasteiger partial charge in [0.25, 0.3) is 0 Å². The molecule has 3 aliphatic rings. The van der Waals surface area contributed by atoms with E-state index in [1.54, 1.807) is 22.3 Å². The lowest BCUT2D eigenvalue weighted by Gasteiger charge is -2.40. The third-order valence-corrected chi connectivity index (χ3v) is 15.5. The minimum absolute atomic E-state index is 0.0888. The van der Waals surface area contributed by atoms with Crippen molar-refractivity contribution in [3.05, 3.63) is 189 Å². The van der Waals surface area contributed by atoms with Crippen LogP contribution in [0.1, 0.15) is 178 Å². The van der Waals surface area contributed by atoms with E-state index in [-0.39, 0.29) is 10.8 Å². The molecule has 0 spiro atoms. The summed E-state index contributed by atoms with van der Waals surface area (Å²) in [4.78, 5) is 0. The summed E-state index contributed by atoms with van der Waals surface area (Å²) >= 11 is 0. The maximum absolute atomic E-state index is 2.68. The molecule has 0 heteroatoms. The fourth-order valence-corrected chi connectivity index (χ4v) is 11.5. The number of rotatable bonds is 8. The quantitative estimate of drug-likeness (QED) is 0.144. The lowest BCUT2D eigenvalue weighted by Crippen LogP contribution is -2.31. The molecular formula is C61H72. The molecule has 3 aliphatic carbocycles. The monoisotopic (exact) mass is 805 g/mol. The summed E-state index contributed by atoms with van der Waals surface area (Å²) in [6.07, 6.45) is 20.9. The van der Waals surface area contributed by atoms with E-state index >= 15 is 0 Å². The summed E-state index contributed by atoms with van der Waals surface area (Å²) in [5.74, 6) is 1.58. The van der Waals surface area contributed by atoms with Gasteiger partial charge >= 0.3 is 0 Å². The van der Waals surface area contributed by atoms with Gasteiger partial charge in [0.05, 0.1) is 0 Å². The van der Waals surface area contributed by atoms with Crippen LogP contribution < -0.4 is 0 Å². The van der Waals surface area contributed by atoms with Crippen LogP contribution in [0, 0.1) is 27.7 Å². The zero-order valence-electron chi connectivity index (χ0n) is 38.5. The largest absolute Gasteiger partial charge is 0.0622 e. The van der Waals surface area contributed by atoms with Crippen molar-refractivity contribution in [1.82, 2.24) is 0 Å². The molecule has 0 unspecified atom stereocenters. The van der Waals surface area contributed by atoms with Crippen LogP contribution in [0.3, 0.4) is 0 Å². The van der Waals surface area contributed by atoms with Crippen LogP contribution in [-0.4, -0.2) is 0 Å². The Labute approximate surface area is 370 Å². The second-order valence-corrected chi connectivity index (χ2v) is 19.9. The molecule has 3 fully saturated rings. The summed E-state index contributed by atoms with van der Waals surface area (Å²) in [6.45, 7) is 13.7. The van der Waals surface area contributed by atoms with E-state index in [1.807, 2.05) is 0 Å². The van der Waals surface area contributed by atoms with Gasteiger partial charge in [-0.3, -0.25) is 0 Å². The van der Waals surface area contributed by atoms with Crippen molar-refractivity contribution in [2.75, 3.05) is 0 Å². The first-order valence-corrected chi connectivity index (χ1v) is 24.2. The van der Waals surface area contributed by atoms with Gasteiger partial charge in [0.1, 0.15) is 0 Å². The highest BCUT2D eigenvalue weighted by Crippen LogP contribution is 2.48. The van der Waals surface area contributed by atoms with Gasteiger partial charge in [0, 0.05) is 10.8 Å². The minimum Gasteiger partial charge on any atom is -0.0622 e. The molecule has 316 valence electrons. The Hall–Kier alpha value is -4.68. The molecule has 6 aromatic rings. The first-order valence-electron chi connectivity index (χ1n) is 24.2. The molecule has 0 N–H and O–H groups in total. The Kier molecular flexibility index (Phi) is 13.5. The lowest BCUT2D eigenvalue weighted by atomic mass is 9.64. The van der Waals surface area contributed by atoms with Crippen molar-refractivity contribution in [3.63, 3.8) is 0 Å². The van der Waals surface area contributed by atoms with Crippen molar-refractivity contribution in [3.8, 4) is 22.3 Å². The molecule has 6 aromatic carbocycles. The third-order valence-electron chi connectivity index (χ3n) is 15.5. The molecule has 61 heavy (non-hydrogen) atoms. The van der Waals surface area contributed by atoms with Crippen LogP contribution in [0.15, 0.2) is 133 Å². The van der Waals surface area contributed by atoms with E-state index in [4.69, 9.17) is 0 Å². The Morgan fingerprint density at radius 2 is 0.770 bits per heavy atom. The summed E-state index contributed by atoms with van der Waals surface area (Å²) in [7, 11) is 0. The Morgan fingerprint density at radius 3 is 1.18 bits per heavy atom. The van der Waals surface area contributed by atoms with E-state index < -0.39 is 0 Å². The number of hydrogen-bond acceptors (Lipinski definition) is 0. The molecule has 9 rings (SSSR count). The number of hydrogen-bond donors (Lipinski definition) is 0. The summed E-state index contributed by atoms with van der Waals surface area (Å²) < 4.78 is 0. The predicted molar refractivity (Wildman–Crippen MR) is 263 cm³/mol. The van der Waals surface area contributed by atoms with Crippen molar-refractivity contribution in [2.45, 2.75) is 161 Å². The Bertz CT molecular complexity index is 2200. The molecule has 0 aromatic heterocycles. The van der Waals surface area contributed by atoms with Crippen LogP contribution in [0.25, 0.3) is 22.3 Å². The average Bonchev–Trinajstić information content (AvgIpc) is 3.31. The van der Waals surface area contributed by atoms with E-state index in [9.17, 15) is 0 Å². The molecule has 0 radical (unpaired) electrons. The molecule has 0 heterocycles. The number of benzene rings is 6. The van der Waals surface area contributed by atoms with Gasteiger partial charge in [-0.2, -0.15) is 0 Å². The fourth-order valence-electron chi connectivity index (χ4n) is 11.5. The van der Waals surface area contributed by atoms with Crippen LogP contribution in [-0.2, 0) is 10.8 Å². The third kappa shape index (κ3) is 9.40. The second-order valence-electron chi connectivity index (χ2n) is 19.9. The highest BCUT2D eigenvalue weighted by molar-refractivity contribution is 5.71. The van der Waals surface area contributed by atoms with Gasteiger partial charge < -0.3 is 0 Å². The van der Waals surface area contributed by atoms with Gasteiger partial charge in [-0.15, -0.1) is 0 Å². The zero-order valence-corrected chi connectivity index (χ0v) is 38.5. The van der Waals surface area contributed by atoms with E-state index in [0.717, 1.165) is 11.8 Å². The molecule has 3 saturated carbocycles. The smallest absolute Gasteiger partial charge is 0.0203 e. The van der Waals surface area contributed by atoms with Crippen molar-refractivity contribution in [2.24, 2.45) is 0 Å². The second kappa shape index (κ2) is 19.2. The normalized spacial score (nSPS) is 17.3. The Balaban J connectivity index is 0.000000169. The van der Waals surface area contributed by atoms with Gasteiger partial charge in [-0.05, 0) is 156 Å². The molecule has 0 nitrogen and oxygen atoms in total. The highest BCUT2D eigenvalue weighted by Gasteiger charge is 2.37. The maximum Gasteiger partial charge on any atom is 0.0203 e. The van der Waals surface area contributed by atoms with E-state index in [2.05, 4.69) is 175 Å². The SMILES string of the molecule is Cc1ccc(C(C)(C)c2ccc(C)c(-c3ccccc3)c2)cc1-c1ccccc1.Cc1ccc(C2(c3ccc(C)c(C4CCCCC4)c3)CCCCC2)cc1C1CCCCC1. The maximum atomic E-state index is 2.68. The van der Waals surface area contributed by atoms with Gasteiger partial charge in [-0.1, -0.05) is 205 Å². The van der Waals surface area contributed by atoms with Gasteiger partial charge in [-0.25, -0.2) is 0 Å². The first-order chi connectivity index (χ1) is 29.6. The first kappa shape index (κ1) is 43.0. The van der Waals surface area contributed by atoms with Crippen LogP contribution in [0.2, 0.25) is 0 Å². The van der Waals surface area contributed by atoms with Crippen LogP contribution in [0.5, 0.6) is 0 Å². The Morgan fingerprint density at radius 1 is 0.393 bits per heavy atom. The summed E-state index contributed by atoms with van der Waals surface area (Å²) in [6, 6.07) is 50.5. The van der Waals surface area contributed by atoms with Gasteiger partial charge in [0.2, 0.25) is 0 Å². The highest BCUT2D eigenvalue weighted by atomic mass is 14.4. The lowest BCUT2D eigenvalue weighted by molar-refractivity contribution is 0.344. The standard InChI is InChI=1S/C32H44.C29H28/c1-24-16-18-28(22-30(24)26-12-6-3-7-13-26)32(20-10-5-11-21-32)29-19-17-25(2)31(23-29)27-14-8-4-9-15-27;1-21-15-17-25(19-27(21)23-11-7-5-8-12-23)29(3,4)26-18-16-22(2)28(20-26)24-13-9-6-10-14-24/h16-19,22-23,26-27H,3-15,20-21H2,1-2H3;5-20H,1-4H3. The molecule has 0 saturated heterocycles. The summed E-state index contributed by atoms with van der Waals surface area (Å²) in [5.41, 5.74) is 20.3. The average molecular weight is 805 g/mol. The van der Waals surface area contributed by atoms with Crippen LogP contribution >= 0.6 is 0 Å². The predicted octanol–water partition coefficient (Wildman–Crippen LogP) is 17.6. The molecule has 0 bridgehead atoms. The zero-order chi connectivity index (χ0) is 42.4. The fraction of sp³-hybridized carbons (Fsp3) is 0.410. The molecule has 0 amide bonds. The number of aryl methyl sites for hydroxylation is 4. The van der Waals surface area contributed by atoms with E-state index in [0.29, 0.717) is 0 Å². The van der Waals surface area contributed by atoms with Gasteiger partial charge in [0.15, 0.2) is 0 Å². The van der Waals surface area contributed by atoms with Crippen LogP contribution in [0.4, 0.5) is 0 Å². The molecule has 0 atom stereocenters. The van der Waals surface area contributed by atoms with Crippen molar-refractivity contribution in [1.29, 1.82) is 0 Å². The minimum atomic E-state index is -0.0888. The van der Waals surface area contributed by atoms with Crippen molar-refractivity contribution < 1.29 is 0 Å². The van der Waals surface area contributed by atoms with E-state index in [1.165, 1.54) is 152 Å². The topological polar surface area (TPSA) is 0 Å². The van der Waals surface area contributed by atoms with Crippen molar-refractivity contribution >= 4 is 0 Å².